The molecule has 29 heavy (non-hydrogen) atoms. The van der Waals surface area contributed by atoms with E-state index in [4.69, 9.17) is 4.98 Å². The molecule has 0 aliphatic heterocycles. The third kappa shape index (κ3) is 5.90. The number of aryl methyl sites for hydroxylation is 1. The Kier molecular flexibility index (Phi) is 7.80. The maximum atomic E-state index is 12.9. The number of rotatable bonds is 10. The molecule has 0 bridgehead atoms. The standard InChI is InChI=1S/C26H32N2O/c1-3-4-5-6-7-8-11-18-27-26(29)23-19-25(21-16-14-20(2)15-17-21)28-24-13-10-9-12-22(23)24/h9-10,12-17,19H,3-8,11,18H2,1-2H3,(H,27,29). The lowest BCUT2D eigenvalue weighted by Crippen LogP contribution is -2.24. The lowest BCUT2D eigenvalue weighted by Gasteiger charge is -2.11. The minimum atomic E-state index is -0.0112. The first-order valence-electron chi connectivity index (χ1n) is 10.9. The Bertz CT molecular complexity index is 931. The van der Waals surface area contributed by atoms with Gasteiger partial charge in [0, 0.05) is 17.5 Å². The first-order valence-corrected chi connectivity index (χ1v) is 10.9. The number of fused-ring (bicyclic) bond motifs is 1. The second-order valence-electron chi connectivity index (χ2n) is 7.82. The van der Waals surface area contributed by atoms with Gasteiger partial charge in [0.15, 0.2) is 0 Å². The van der Waals surface area contributed by atoms with E-state index in [1.807, 2.05) is 30.3 Å². The summed E-state index contributed by atoms with van der Waals surface area (Å²) in [5, 5.41) is 4.02. The van der Waals surface area contributed by atoms with Gasteiger partial charge in [0.05, 0.1) is 16.8 Å². The largest absolute Gasteiger partial charge is 0.352 e. The molecule has 0 aliphatic carbocycles. The number of nitrogens with zero attached hydrogens (tertiary/aromatic N) is 1. The van der Waals surface area contributed by atoms with Crippen molar-refractivity contribution >= 4 is 16.8 Å². The Labute approximate surface area is 174 Å². The lowest BCUT2D eigenvalue weighted by atomic mass is 10.0. The van der Waals surface area contributed by atoms with Gasteiger partial charge in [-0.15, -0.1) is 0 Å². The van der Waals surface area contributed by atoms with Gasteiger partial charge in [0.2, 0.25) is 0 Å². The second kappa shape index (κ2) is 10.8. The van der Waals surface area contributed by atoms with Crippen molar-refractivity contribution in [3.8, 4) is 11.3 Å². The van der Waals surface area contributed by atoms with E-state index < -0.39 is 0 Å². The molecule has 1 heterocycles. The van der Waals surface area contributed by atoms with Crippen molar-refractivity contribution in [1.29, 1.82) is 0 Å². The molecular formula is C26H32N2O. The molecular weight excluding hydrogens is 356 g/mol. The summed E-state index contributed by atoms with van der Waals surface area (Å²) in [6.07, 6.45) is 8.70. The third-order valence-electron chi connectivity index (χ3n) is 5.37. The SMILES string of the molecule is CCCCCCCCCNC(=O)c1cc(-c2ccc(C)cc2)nc2ccccc12. The maximum Gasteiger partial charge on any atom is 0.252 e. The van der Waals surface area contributed by atoms with Gasteiger partial charge in [-0.2, -0.15) is 0 Å². The molecule has 0 unspecified atom stereocenters. The topological polar surface area (TPSA) is 42.0 Å². The zero-order valence-corrected chi connectivity index (χ0v) is 17.7. The molecule has 152 valence electrons. The van der Waals surface area contributed by atoms with E-state index in [0.717, 1.165) is 35.1 Å². The molecule has 0 atom stereocenters. The smallest absolute Gasteiger partial charge is 0.252 e. The number of amides is 1. The predicted molar refractivity (Wildman–Crippen MR) is 122 cm³/mol. The number of carbonyl (C=O) groups excluding carboxylic acids is 1. The highest BCUT2D eigenvalue weighted by molar-refractivity contribution is 6.07. The molecule has 1 aromatic heterocycles. The van der Waals surface area contributed by atoms with Crippen molar-refractivity contribution in [2.75, 3.05) is 6.54 Å². The second-order valence-corrected chi connectivity index (χ2v) is 7.82. The Morgan fingerprint density at radius 3 is 2.34 bits per heavy atom. The molecule has 3 nitrogen and oxygen atoms in total. The van der Waals surface area contributed by atoms with Gasteiger partial charge in [-0.1, -0.05) is 93.5 Å². The number of para-hydroxylation sites is 1. The monoisotopic (exact) mass is 388 g/mol. The van der Waals surface area contributed by atoms with Crippen LogP contribution in [0.15, 0.2) is 54.6 Å². The number of unbranched alkanes of at least 4 members (excludes halogenated alkanes) is 6. The fourth-order valence-electron chi connectivity index (χ4n) is 3.61. The molecule has 0 fully saturated rings. The van der Waals surface area contributed by atoms with Gasteiger partial charge in [-0.05, 0) is 25.5 Å². The average molecular weight is 389 g/mol. The van der Waals surface area contributed by atoms with Gasteiger partial charge < -0.3 is 5.32 Å². The number of aromatic nitrogens is 1. The summed E-state index contributed by atoms with van der Waals surface area (Å²) in [5.74, 6) is -0.0112. The van der Waals surface area contributed by atoms with Crippen LogP contribution in [0.3, 0.4) is 0 Å². The maximum absolute atomic E-state index is 12.9. The zero-order valence-electron chi connectivity index (χ0n) is 17.7. The predicted octanol–water partition coefficient (Wildman–Crippen LogP) is 6.69. The van der Waals surface area contributed by atoms with E-state index in [2.05, 4.69) is 43.4 Å². The number of benzene rings is 2. The normalized spacial score (nSPS) is 11.0. The van der Waals surface area contributed by atoms with Crippen molar-refractivity contribution in [2.45, 2.75) is 58.8 Å². The summed E-state index contributed by atoms with van der Waals surface area (Å²) >= 11 is 0. The molecule has 2 aromatic carbocycles. The summed E-state index contributed by atoms with van der Waals surface area (Å²) in [6.45, 7) is 5.03. The number of hydrogen-bond donors (Lipinski definition) is 1. The van der Waals surface area contributed by atoms with Crippen molar-refractivity contribution in [1.82, 2.24) is 10.3 Å². The van der Waals surface area contributed by atoms with Crippen LogP contribution < -0.4 is 5.32 Å². The van der Waals surface area contributed by atoms with Crippen LogP contribution in [-0.4, -0.2) is 17.4 Å². The quantitative estimate of drug-likeness (QED) is 0.393. The van der Waals surface area contributed by atoms with E-state index in [1.165, 1.54) is 44.1 Å². The number of hydrogen-bond acceptors (Lipinski definition) is 2. The summed E-state index contributed by atoms with van der Waals surface area (Å²) in [6, 6.07) is 18.1. The third-order valence-corrected chi connectivity index (χ3v) is 5.37. The minimum Gasteiger partial charge on any atom is -0.352 e. The Hall–Kier alpha value is -2.68. The summed E-state index contributed by atoms with van der Waals surface area (Å²) < 4.78 is 0. The highest BCUT2D eigenvalue weighted by Gasteiger charge is 2.13. The highest BCUT2D eigenvalue weighted by Crippen LogP contribution is 2.25. The molecule has 3 aromatic rings. The molecule has 0 saturated heterocycles. The molecule has 0 saturated carbocycles. The van der Waals surface area contributed by atoms with Crippen LogP contribution in [0.25, 0.3) is 22.2 Å². The first kappa shape index (κ1) is 21.0. The fraction of sp³-hybridized carbons (Fsp3) is 0.385. The molecule has 3 rings (SSSR count). The highest BCUT2D eigenvalue weighted by atomic mass is 16.1. The van der Waals surface area contributed by atoms with Crippen molar-refractivity contribution < 1.29 is 4.79 Å². The van der Waals surface area contributed by atoms with Crippen LogP contribution in [0, 0.1) is 6.92 Å². The van der Waals surface area contributed by atoms with E-state index in [9.17, 15) is 4.79 Å². The molecule has 1 amide bonds. The number of carbonyl (C=O) groups is 1. The van der Waals surface area contributed by atoms with Gasteiger partial charge in [-0.25, -0.2) is 4.98 Å². The van der Waals surface area contributed by atoms with Crippen LogP contribution in [-0.2, 0) is 0 Å². The number of nitrogens with one attached hydrogen (secondary N) is 1. The van der Waals surface area contributed by atoms with E-state index >= 15 is 0 Å². The molecule has 0 radical (unpaired) electrons. The van der Waals surface area contributed by atoms with Crippen LogP contribution in [0.2, 0.25) is 0 Å². The van der Waals surface area contributed by atoms with Crippen LogP contribution in [0.4, 0.5) is 0 Å². The Morgan fingerprint density at radius 2 is 1.59 bits per heavy atom. The van der Waals surface area contributed by atoms with Gasteiger partial charge >= 0.3 is 0 Å². The van der Waals surface area contributed by atoms with E-state index in [-0.39, 0.29) is 5.91 Å². The van der Waals surface area contributed by atoms with Crippen molar-refractivity contribution in [3.05, 3.63) is 65.7 Å². The van der Waals surface area contributed by atoms with Gasteiger partial charge in [-0.3, -0.25) is 4.79 Å². The number of pyridine rings is 1. The van der Waals surface area contributed by atoms with E-state index in [0.29, 0.717) is 5.56 Å². The zero-order chi connectivity index (χ0) is 20.5. The summed E-state index contributed by atoms with van der Waals surface area (Å²) in [4.78, 5) is 17.7. The summed E-state index contributed by atoms with van der Waals surface area (Å²) in [5.41, 5.74) is 4.63. The fourth-order valence-corrected chi connectivity index (χ4v) is 3.61. The van der Waals surface area contributed by atoms with E-state index in [1.54, 1.807) is 0 Å². The molecule has 3 heteroatoms. The Morgan fingerprint density at radius 1 is 0.897 bits per heavy atom. The van der Waals surface area contributed by atoms with Crippen LogP contribution >= 0.6 is 0 Å². The van der Waals surface area contributed by atoms with Crippen molar-refractivity contribution in [3.63, 3.8) is 0 Å². The average Bonchev–Trinajstić information content (AvgIpc) is 2.75. The lowest BCUT2D eigenvalue weighted by molar-refractivity contribution is 0.0954. The van der Waals surface area contributed by atoms with Crippen LogP contribution in [0.5, 0.6) is 0 Å². The minimum absolute atomic E-state index is 0.0112. The van der Waals surface area contributed by atoms with Crippen LogP contribution in [0.1, 0.15) is 67.8 Å². The van der Waals surface area contributed by atoms with Gasteiger partial charge in [0.25, 0.3) is 5.91 Å². The molecule has 0 spiro atoms. The summed E-state index contributed by atoms with van der Waals surface area (Å²) in [7, 11) is 0. The van der Waals surface area contributed by atoms with Gasteiger partial charge in [0.1, 0.15) is 0 Å². The van der Waals surface area contributed by atoms with Crippen molar-refractivity contribution in [2.24, 2.45) is 0 Å². The molecule has 0 aliphatic rings. The first-order chi connectivity index (χ1) is 14.2. The Balaban J connectivity index is 1.69. The molecule has 1 N–H and O–H groups in total.